The molecule has 2 aromatic carbocycles. The number of likely N-dealkylation sites (tertiary alicyclic amines) is 1. The van der Waals surface area contributed by atoms with Crippen molar-refractivity contribution in [1.29, 1.82) is 5.26 Å². The maximum absolute atomic E-state index is 12.8. The molecule has 35 heavy (non-hydrogen) atoms. The minimum Gasteiger partial charge on any atom is -0.363 e. The minimum atomic E-state index is 0.0233. The molecule has 2 fully saturated rings. The molecule has 6 nitrogen and oxygen atoms in total. The highest BCUT2D eigenvalue weighted by Crippen LogP contribution is 2.39. The van der Waals surface area contributed by atoms with Crippen LogP contribution in [0.2, 0.25) is 0 Å². The molecule has 1 atom stereocenters. The summed E-state index contributed by atoms with van der Waals surface area (Å²) in [4.78, 5) is 24.1. The van der Waals surface area contributed by atoms with Gasteiger partial charge in [-0.25, -0.2) is 9.97 Å². The van der Waals surface area contributed by atoms with Crippen molar-refractivity contribution in [2.24, 2.45) is 11.8 Å². The van der Waals surface area contributed by atoms with Crippen molar-refractivity contribution in [3.05, 3.63) is 65.0 Å². The number of anilines is 1. The molecule has 1 N–H and O–H groups in total. The van der Waals surface area contributed by atoms with E-state index in [1.54, 1.807) is 0 Å². The van der Waals surface area contributed by atoms with Crippen LogP contribution in [-0.4, -0.2) is 33.9 Å². The topological polar surface area (TPSA) is 81.9 Å². The Morgan fingerprint density at radius 1 is 1.09 bits per heavy atom. The summed E-state index contributed by atoms with van der Waals surface area (Å²) in [5.41, 5.74) is 4.73. The van der Waals surface area contributed by atoms with Gasteiger partial charge in [-0.1, -0.05) is 35.9 Å². The lowest BCUT2D eigenvalue weighted by Crippen LogP contribution is -2.51. The molecule has 1 saturated heterocycles. The van der Waals surface area contributed by atoms with Crippen molar-refractivity contribution >= 4 is 22.6 Å². The highest BCUT2D eigenvalue weighted by molar-refractivity contribution is 5.90. The lowest BCUT2D eigenvalue weighted by molar-refractivity contribution is -0.141. The standard InChI is InChI=1S/C29H33N5O/c1-18-5-4-6-24(13-18)19(2)31-28-26-14-25(11-12-27(26)32-20(3)33-28)22-7-9-23(10-8-22)29(35)34-16-21(15-30)17-34/h4-6,11-14,19,21-23H,7-10,16-17H2,1-3H3,(H,31,32,33)/t19-,22-,23-/m1/s1. The first kappa shape index (κ1) is 23.3. The van der Waals surface area contributed by atoms with Gasteiger partial charge in [0.25, 0.3) is 0 Å². The Kier molecular flexibility index (Phi) is 6.42. The first-order chi connectivity index (χ1) is 16.9. The summed E-state index contributed by atoms with van der Waals surface area (Å²) in [6.07, 6.45) is 3.84. The van der Waals surface area contributed by atoms with E-state index in [4.69, 9.17) is 10.2 Å². The molecule has 1 aliphatic heterocycles. The number of nitrogens with zero attached hydrogens (tertiary/aromatic N) is 4. The highest BCUT2D eigenvalue weighted by Gasteiger charge is 2.36. The number of fused-ring (bicyclic) bond motifs is 1. The quantitative estimate of drug-likeness (QED) is 0.522. The van der Waals surface area contributed by atoms with Crippen LogP contribution in [-0.2, 0) is 4.79 Å². The summed E-state index contributed by atoms with van der Waals surface area (Å²) in [5.74, 6) is 2.44. The minimum absolute atomic E-state index is 0.0233. The molecule has 0 radical (unpaired) electrons. The maximum atomic E-state index is 12.8. The van der Waals surface area contributed by atoms with Crippen molar-refractivity contribution in [1.82, 2.24) is 14.9 Å². The third kappa shape index (κ3) is 4.86. The Labute approximate surface area is 207 Å². The molecule has 5 rings (SSSR count). The molecule has 1 saturated carbocycles. The Morgan fingerprint density at radius 3 is 2.57 bits per heavy atom. The van der Waals surface area contributed by atoms with Crippen LogP contribution in [0.3, 0.4) is 0 Å². The van der Waals surface area contributed by atoms with Crippen molar-refractivity contribution < 1.29 is 4.79 Å². The molecule has 0 spiro atoms. The van der Waals surface area contributed by atoms with E-state index < -0.39 is 0 Å². The number of carbonyl (C=O) groups excluding carboxylic acids is 1. The van der Waals surface area contributed by atoms with Crippen LogP contribution in [0.1, 0.15) is 67.1 Å². The normalized spacial score (nSPS) is 21.3. The molecule has 0 unspecified atom stereocenters. The van der Waals surface area contributed by atoms with Gasteiger partial charge in [0.2, 0.25) is 5.91 Å². The van der Waals surface area contributed by atoms with E-state index in [0.717, 1.165) is 48.2 Å². The molecule has 1 amide bonds. The molecule has 2 aliphatic rings. The van der Waals surface area contributed by atoms with Crippen molar-refractivity contribution in [2.75, 3.05) is 18.4 Å². The van der Waals surface area contributed by atoms with E-state index in [1.165, 1.54) is 16.7 Å². The van der Waals surface area contributed by atoms with E-state index in [0.29, 0.717) is 19.0 Å². The third-order valence-corrected chi connectivity index (χ3v) is 7.65. The Balaban J connectivity index is 1.32. The summed E-state index contributed by atoms with van der Waals surface area (Å²) in [6.45, 7) is 7.43. The lowest BCUT2D eigenvalue weighted by Gasteiger charge is -2.39. The number of nitriles is 1. The van der Waals surface area contributed by atoms with E-state index in [2.05, 4.69) is 72.7 Å². The van der Waals surface area contributed by atoms with E-state index >= 15 is 0 Å². The first-order valence-electron chi connectivity index (χ1n) is 12.7. The number of aryl methyl sites for hydroxylation is 2. The van der Waals surface area contributed by atoms with Crippen molar-refractivity contribution in [3.63, 3.8) is 0 Å². The number of amides is 1. The van der Waals surface area contributed by atoms with Gasteiger partial charge in [0.05, 0.1) is 17.5 Å². The van der Waals surface area contributed by atoms with Gasteiger partial charge in [0.15, 0.2) is 0 Å². The van der Waals surface area contributed by atoms with E-state index in [-0.39, 0.29) is 23.8 Å². The highest BCUT2D eigenvalue weighted by atomic mass is 16.2. The van der Waals surface area contributed by atoms with Gasteiger partial charge in [-0.05, 0) is 75.6 Å². The zero-order valence-corrected chi connectivity index (χ0v) is 20.8. The summed E-state index contributed by atoms with van der Waals surface area (Å²) >= 11 is 0. The SMILES string of the molecule is Cc1cccc([C@@H](C)Nc2nc(C)nc3ccc([C@H]4CC[C@H](C(=O)N5CC(C#N)C5)CC4)cc23)c1. The number of nitrogens with one attached hydrogen (secondary N) is 1. The fraction of sp³-hybridized carbons (Fsp3) is 0.448. The fourth-order valence-electron chi connectivity index (χ4n) is 5.53. The number of benzene rings is 2. The largest absolute Gasteiger partial charge is 0.363 e. The second-order valence-electron chi connectivity index (χ2n) is 10.3. The van der Waals surface area contributed by atoms with Crippen molar-refractivity contribution in [3.8, 4) is 6.07 Å². The average Bonchev–Trinajstić information content (AvgIpc) is 2.83. The monoisotopic (exact) mass is 467 g/mol. The predicted octanol–water partition coefficient (Wildman–Crippen LogP) is 5.68. The van der Waals surface area contributed by atoms with E-state index in [1.807, 2.05) is 11.8 Å². The Morgan fingerprint density at radius 2 is 1.86 bits per heavy atom. The molecule has 3 aromatic rings. The van der Waals surface area contributed by atoms with Crippen molar-refractivity contribution in [2.45, 2.75) is 58.4 Å². The number of carbonyl (C=O) groups is 1. The van der Waals surface area contributed by atoms with Crippen LogP contribution in [0.25, 0.3) is 10.9 Å². The van der Waals surface area contributed by atoms with Gasteiger partial charge in [0, 0.05) is 30.4 Å². The number of rotatable bonds is 5. The molecule has 6 heteroatoms. The first-order valence-corrected chi connectivity index (χ1v) is 12.7. The number of hydrogen-bond donors (Lipinski definition) is 1. The molecule has 1 aliphatic carbocycles. The third-order valence-electron chi connectivity index (χ3n) is 7.65. The van der Waals surface area contributed by atoms with Gasteiger partial charge in [-0.2, -0.15) is 5.26 Å². The van der Waals surface area contributed by atoms with Gasteiger partial charge in [0.1, 0.15) is 11.6 Å². The smallest absolute Gasteiger partial charge is 0.225 e. The summed E-state index contributed by atoms with van der Waals surface area (Å²) in [6, 6.07) is 17.5. The number of aromatic nitrogens is 2. The van der Waals surface area contributed by atoms with Crippen LogP contribution >= 0.6 is 0 Å². The zero-order chi connectivity index (χ0) is 24.5. The molecule has 2 heterocycles. The van der Waals surface area contributed by atoms with Crippen LogP contribution in [0.4, 0.5) is 5.82 Å². The molecular weight excluding hydrogens is 434 g/mol. The summed E-state index contributed by atoms with van der Waals surface area (Å²) < 4.78 is 0. The second kappa shape index (κ2) is 9.65. The predicted molar refractivity (Wildman–Crippen MR) is 138 cm³/mol. The summed E-state index contributed by atoms with van der Waals surface area (Å²) in [5, 5.41) is 13.7. The van der Waals surface area contributed by atoms with Gasteiger partial charge < -0.3 is 10.2 Å². The van der Waals surface area contributed by atoms with Crippen LogP contribution in [0.15, 0.2) is 42.5 Å². The van der Waals surface area contributed by atoms with Gasteiger partial charge >= 0.3 is 0 Å². The van der Waals surface area contributed by atoms with Crippen LogP contribution in [0.5, 0.6) is 0 Å². The Hall–Kier alpha value is -3.46. The fourth-order valence-corrected chi connectivity index (χ4v) is 5.53. The molecule has 180 valence electrons. The molecular formula is C29H33N5O. The average molecular weight is 468 g/mol. The molecule has 0 bridgehead atoms. The Bertz CT molecular complexity index is 1280. The summed E-state index contributed by atoms with van der Waals surface area (Å²) in [7, 11) is 0. The zero-order valence-electron chi connectivity index (χ0n) is 20.8. The lowest BCUT2D eigenvalue weighted by atomic mass is 9.77. The van der Waals surface area contributed by atoms with Crippen LogP contribution in [0, 0.1) is 37.0 Å². The second-order valence-corrected chi connectivity index (χ2v) is 10.3. The van der Waals surface area contributed by atoms with E-state index in [9.17, 15) is 4.79 Å². The van der Waals surface area contributed by atoms with Gasteiger partial charge in [-0.3, -0.25) is 4.79 Å². The molecule has 1 aromatic heterocycles. The maximum Gasteiger partial charge on any atom is 0.225 e. The van der Waals surface area contributed by atoms with Gasteiger partial charge in [-0.15, -0.1) is 0 Å². The number of hydrogen-bond acceptors (Lipinski definition) is 5. The van der Waals surface area contributed by atoms with Crippen LogP contribution < -0.4 is 5.32 Å².